The van der Waals surface area contributed by atoms with E-state index in [0.29, 0.717) is 29.6 Å². The van der Waals surface area contributed by atoms with E-state index in [1.807, 2.05) is 78.9 Å². The van der Waals surface area contributed by atoms with Gasteiger partial charge in [-0.3, -0.25) is 5.10 Å². The molecule has 0 spiro atoms. The number of H-pyrrole nitrogens is 1. The second-order valence-corrected chi connectivity index (χ2v) is 7.79. The lowest BCUT2D eigenvalue weighted by Crippen LogP contribution is -2.21. The second-order valence-electron chi connectivity index (χ2n) is 7.79. The number of ether oxygens (including phenoxy) is 3. The molecule has 5 rings (SSSR count). The zero-order valence-corrected chi connectivity index (χ0v) is 18.5. The van der Waals surface area contributed by atoms with Gasteiger partial charge < -0.3 is 19.9 Å². The van der Waals surface area contributed by atoms with Crippen molar-refractivity contribution in [2.45, 2.75) is 12.5 Å². The van der Waals surface area contributed by atoms with Crippen molar-refractivity contribution in [1.29, 1.82) is 5.26 Å². The van der Waals surface area contributed by atoms with E-state index in [1.54, 1.807) is 7.11 Å². The van der Waals surface area contributed by atoms with Crippen molar-refractivity contribution in [3.63, 3.8) is 0 Å². The lowest BCUT2D eigenvalue weighted by molar-refractivity contribution is 0.284. The Morgan fingerprint density at radius 3 is 2.47 bits per heavy atom. The van der Waals surface area contributed by atoms with Gasteiger partial charge in [0.1, 0.15) is 18.2 Å². The molecule has 0 bridgehead atoms. The van der Waals surface area contributed by atoms with E-state index in [1.165, 1.54) is 0 Å². The van der Waals surface area contributed by atoms with Gasteiger partial charge in [0.25, 0.3) is 0 Å². The summed E-state index contributed by atoms with van der Waals surface area (Å²) in [6.07, 6.45) is 0. The van der Waals surface area contributed by atoms with Crippen molar-refractivity contribution in [2.24, 2.45) is 5.73 Å². The minimum absolute atomic E-state index is 0.0366. The number of rotatable bonds is 6. The molecule has 0 amide bonds. The Hall–Kier alpha value is -4.70. The Labute approximate surface area is 197 Å². The summed E-state index contributed by atoms with van der Waals surface area (Å²) in [4.78, 5) is 0. The van der Waals surface area contributed by atoms with E-state index in [4.69, 9.17) is 19.9 Å². The topological polar surface area (TPSA) is 106 Å². The summed E-state index contributed by atoms with van der Waals surface area (Å²) in [6.45, 7) is 0.411. The molecule has 0 radical (unpaired) electrons. The average molecular weight is 450 g/mol. The third-order valence-corrected chi connectivity index (χ3v) is 5.76. The first-order valence-electron chi connectivity index (χ1n) is 10.8. The van der Waals surface area contributed by atoms with Crippen LogP contribution in [0.4, 0.5) is 0 Å². The van der Waals surface area contributed by atoms with Crippen LogP contribution in [0.5, 0.6) is 17.4 Å². The molecule has 1 aliphatic heterocycles. The number of methoxy groups -OCH3 is 1. The predicted octanol–water partition coefficient (Wildman–Crippen LogP) is 4.88. The highest BCUT2D eigenvalue weighted by atomic mass is 16.5. The molecule has 0 fully saturated rings. The Balaban J connectivity index is 1.56. The fraction of sp³-hybridized carbons (Fsp3) is 0.111. The summed E-state index contributed by atoms with van der Waals surface area (Å²) >= 11 is 0. The van der Waals surface area contributed by atoms with Crippen LogP contribution in [-0.4, -0.2) is 17.3 Å². The smallest absolute Gasteiger partial charge is 0.244 e. The SMILES string of the molecule is COc1cc(C2C(C#N)=C(N)Oc3n[nH]c(-c4ccccc4)c32)ccc1OCc1ccccc1. The number of nitrogens with two attached hydrogens (primary N) is 1. The molecule has 0 aliphatic carbocycles. The van der Waals surface area contributed by atoms with Gasteiger partial charge in [-0.2, -0.15) is 5.26 Å². The van der Waals surface area contributed by atoms with Crippen LogP contribution in [0, 0.1) is 11.3 Å². The molecule has 7 nitrogen and oxygen atoms in total. The number of benzene rings is 3. The molecule has 1 unspecified atom stereocenters. The highest BCUT2D eigenvalue weighted by Gasteiger charge is 2.36. The Bertz CT molecular complexity index is 1390. The van der Waals surface area contributed by atoms with E-state index >= 15 is 0 Å². The normalized spacial score (nSPS) is 14.6. The molecule has 3 N–H and O–H groups in total. The first kappa shape index (κ1) is 21.2. The molecule has 1 aromatic heterocycles. The Morgan fingerprint density at radius 2 is 1.76 bits per heavy atom. The molecule has 34 heavy (non-hydrogen) atoms. The van der Waals surface area contributed by atoms with Crippen LogP contribution >= 0.6 is 0 Å². The molecule has 4 aromatic rings. The number of aromatic nitrogens is 2. The average Bonchev–Trinajstić information content (AvgIpc) is 3.31. The van der Waals surface area contributed by atoms with Gasteiger partial charge in [0, 0.05) is 0 Å². The van der Waals surface area contributed by atoms with Gasteiger partial charge in [-0.25, -0.2) is 0 Å². The Morgan fingerprint density at radius 1 is 1.03 bits per heavy atom. The first-order valence-corrected chi connectivity index (χ1v) is 10.8. The van der Waals surface area contributed by atoms with Crippen molar-refractivity contribution in [3.05, 3.63) is 107 Å². The van der Waals surface area contributed by atoms with Gasteiger partial charge >= 0.3 is 0 Å². The predicted molar refractivity (Wildman–Crippen MR) is 127 cm³/mol. The summed E-state index contributed by atoms with van der Waals surface area (Å²) < 4.78 is 17.3. The number of allylic oxidation sites excluding steroid dienone is 1. The maximum atomic E-state index is 9.95. The zero-order valence-electron chi connectivity index (χ0n) is 18.5. The molecule has 1 atom stereocenters. The van der Waals surface area contributed by atoms with Crippen LogP contribution < -0.4 is 19.9 Å². The number of nitriles is 1. The van der Waals surface area contributed by atoms with Crippen LogP contribution in [-0.2, 0) is 6.61 Å². The van der Waals surface area contributed by atoms with Gasteiger partial charge in [0.05, 0.1) is 24.3 Å². The van der Waals surface area contributed by atoms with Crippen molar-refractivity contribution in [3.8, 4) is 34.7 Å². The molecule has 168 valence electrons. The minimum atomic E-state index is -0.486. The van der Waals surface area contributed by atoms with Crippen LogP contribution in [0.15, 0.2) is 90.3 Å². The molecular formula is C27H22N4O3. The molecule has 7 heteroatoms. The van der Waals surface area contributed by atoms with Crippen LogP contribution in [0.2, 0.25) is 0 Å². The van der Waals surface area contributed by atoms with Crippen LogP contribution in [0.1, 0.15) is 22.6 Å². The third kappa shape index (κ3) is 3.82. The fourth-order valence-electron chi connectivity index (χ4n) is 4.12. The van der Waals surface area contributed by atoms with Gasteiger partial charge in [0.15, 0.2) is 11.5 Å². The monoisotopic (exact) mass is 450 g/mol. The summed E-state index contributed by atoms with van der Waals surface area (Å²) in [7, 11) is 1.59. The van der Waals surface area contributed by atoms with Crippen molar-refractivity contribution < 1.29 is 14.2 Å². The zero-order chi connectivity index (χ0) is 23.5. The van der Waals surface area contributed by atoms with Gasteiger partial charge in [0.2, 0.25) is 11.8 Å². The highest BCUT2D eigenvalue weighted by Crippen LogP contribution is 2.47. The van der Waals surface area contributed by atoms with Crippen molar-refractivity contribution in [2.75, 3.05) is 7.11 Å². The standard InChI is InChI=1S/C27H22N4O3/c1-32-22-14-19(12-13-21(22)33-16-17-8-4-2-5-9-17)23-20(15-28)26(29)34-27-24(23)25(30-31-27)18-10-6-3-7-11-18/h2-14,23H,16,29H2,1H3,(H,30,31). The lowest BCUT2D eigenvalue weighted by Gasteiger charge is -2.25. The van der Waals surface area contributed by atoms with E-state index in [0.717, 1.165) is 27.9 Å². The summed E-state index contributed by atoms with van der Waals surface area (Å²) in [6, 6.07) is 27.5. The van der Waals surface area contributed by atoms with E-state index in [2.05, 4.69) is 16.3 Å². The van der Waals surface area contributed by atoms with Gasteiger partial charge in [-0.1, -0.05) is 66.7 Å². The molecule has 3 aromatic carbocycles. The lowest BCUT2D eigenvalue weighted by atomic mass is 9.83. The number of hydrogen-bond acceptors (Lipinski definition) is 6. The van der Waals surface area contributed by atoms with Gasteiger partial charge in [-0.15, -0.1) is 5.10 Å². The molecule has 2 heterocycles. The maximum absolute atomic E-state index is 9.95. The summed E-state index contributed by atoms with van der Waals surface area (Å²) in [5, 5.41) is 17.3. The van der Waals surface area contributed by atoms with Gasteiger partial charge in [-0.05, 0) is 28.8 Å². The number of nitrogens with one attached hydrogen (secondary N) is 1. The van der Waals surface area contributed by atoms with E-state index in [9.17, 15) is 5.26 Å². The maximum Gasteiger partial charge on any atom is 0.244 e. The fourth-order valence-corrected chi connectivity index (χ4v) is 4.12. The minimum Gasteiger partial charge on any atom is -0.493 e. The largest absolute Gasteiger partial charge is 0.493 e. The number of aromatic amines is 1. The summed E-state index contributed by atoms with van der Waals surface area (Å²) in [5.74, 6) is 1.06. The number of nitrogens with zero attached hydrogens (tertiary/aromatic N) is 2. The first-order chi connectivity index (χ1) is 16.7. The van der Waals surface area contributed by atoms with E-state index < -0.39 is 5.92 Å². The molecule has 1 aliphatic rings. The summed E-state index contributed by atoms with van der Waals surface area (Å²) in [5.41, 5.74) is 10.7. The van der Waals surface area contributed by atoms with Crippen LogP contribution in [0.25, 0.3) is 11.3 Å². The highest BCUT2D eigenvalue weighted by molar-refractivity contribution is 5.71. The molecule has 0 saturated carbocycles. The van der Waals surface area contributed by atoms with Crippen molar-refractivity contribution >= 4 is 0 Å². The Kier molecular flexibility index (Phi) is 5.63. The second kappa shape index (κ2) is 9.04. The van der Waals surface area contributed by atoms with Crippen LogP contribution in [0.3, 0.4) is 0 Å². The van der Waals surface area contributed by atoms with E-state index in [-0.39, 0.29) is 5.88 Å². The van der Waals surface area contributed by atoms with Crippen molar-refractivity contribution in [1.82, 2.24) is 10.2 Å². The number of hydrogen-bond donors (Lipinski definition) is 2. The third-order valence-electron chi connectivity index (χ3n) is 5.76. The molecular weight excluding hydrogens is 428 g/mol. The quantitative estimate of drug-likeness (QED) is 0.434. The number of fused-ring (bicyclic) bond motifs is 1. The molecule has 0 saturated heterocycles.